The minimum absolute atomic E-state index is 0.109. The van der Waals surface area contributed by atoms with Crippen molar-refractivity contribution in [2.45, 2.75) is 32.7 Å². The van der Waals surface area contributed by atoms with Gasteiger partial charge in [0.1, 0.15) is 0 Å². The Morgan fingerprint density at radius 1 is 1.29 bits per heavy atom. The maximum absolute atomic E-state index is 11.9. The van der Waals surface area contributed by atoms with Crippen LogP contribution >= 0.6 is 0 Å². The van der Waals surface area contributed by atoms with Gasteiger partial charge in [-0.3, -0.25) is 4.79 Å². The molecular weight excluding hydrogens is 226 g/mol. The number of nitrogens with one attached hydrogen (secondary N) is 1. The van der Waals surface area contributed by atoms with E-state index in [4.69, 9.17) is 9.47 Å². The Hall–Kier alpha value is -1.59. The average Bonchev–Trinajstić information content (AvgIpc) is 2.55. The Morgan fingerprint density at radius 2 is 1.76 bits per heavy atom. The molecule has 0 aliphatic carbocycles. The predicted octanol–water partition coefficient (Wildman–Crippen LogP) is 0.00740. The lowest BCUT2D eigenvalue weighted by atomic mass is 9.87. The summed E-state index contributed by atoms with van der Waals surface area (Å²) in [6.07, 6.45) is 0.109. The number of rotatable bonds is 4. The van der Waals surface area contributed by atoms with Gasteiger partial charge in [-0.2, -0.15) is 0 Å². The summed E-state index contributed by atoms with van der Waals surface area (Å²) in [5.41, 5.74) is -1.68. The second-order valence-electron chi connectivity index (χ2n) is 3.90. The SMILES string of the molecule is CCOC(=O)C1(C(=O)OCC)NC(=O)CC1C. The van der Waals surface area contributed by atoms with Crippen LogP contribution in [0.5, 0.6) is 0 Å². The number of hydrogen-bond acceptors (Lipinski definition) is 5. The zero-order valence-electron chi connectivity index (χ0n) is 10.2. The molecule has 1 unspecified atom stereocenters. The van der Waals surface area contributed by atoms with E-state index in [0.29, 0.717) is 0 Å². The van der Waals surface area contributed by atoms with E-state index in [1.165, 1.54) is 0 Å². The summed E-state index contributed by atoms with van der Waals surface area (Å²) < 4.78 is 9.72. The molecule has 1 saturated heterocycles. The molecule has 1 aliphatic heterocycles. The van der Waals surface area contributed by atoms with Crippen LogP contribution < -0.4 is 5.32 Å². The average molecular weight is 243 g/mol. The molecule has 0 aromatic rings. The van der Waals surface area contributed by atoms with E-state index >= 15 is 0 Å². The summed E-state index contributed by atoms with van der Waals surface area (Å²) in [5.74, 6) is -2.33. The van der Waals surface area contributed by atoms with Crippen LogP contribution in [-0.4, -0.2) is 36.6 Å². The first-order valence-corrected chi connectivity index (χ1v) is 5.64. The largest absolute Gasteiger partial charge is 0.464 e. The number of ether oxygens (including phenoxy) is 2. The zero-order chi connectivity index (χ0) is 13.1. The zero-order valence-corrected chi connectivity index (χ0v) is 10.2. The van der Waals surface area contributed by atoms with Gasteiger partial charge in [0, 0.05) is 12.3 Å². The van der Waals surface area contributed by atoms with Gasteiger partial charge >= 0.3 is 11.9 Å². The standard InChI is InChI=1S/C11H17NO5/c1-4-16-9(14)11(10(15)17-5-2)7(3)6-8(13)12-11/h7H,4-6H2,1-3H3,(H,12,13). The molecule has 6 nitrogen and oxygen atoms in total. The highest BCUT2D eigenvalue weighted by atomic mass is 16.6. The van der Waals surface area contributed by atoms with Crippen molar-refractivity contribution in [3.63, 3.8) is 0 Å². The quantitative estimate of drug-likeness (QED) is 0.555. The molecule has 6 heteroatoms. The minimum Gasteiger partial charge on any atom is -0.464 e. The number of carbonyl (C=O) groups excluding carboxylic acids is 3. The third-order valence-corrected chi connectivity index (χ3v) is 2.76. The maximum Gasteiger partial charge on any atom is 0.343 e. The van der Waals surface area contributed by atoms with Crippen LogP contribution in [0.2, 0.25) is 0 Å². The van der Waals surface area contributed by atoms with E-state index < -0.39 is 23.4 Å². The van der Waals surface area contributed by atoms with Gasteiger partial charge in [-0.15, -0.1) is 0 Å². The minimum atomic E-state index is -1.68. The molecule has 17 heavy (non-hydrogen) atoms. The molecule has 0 aromatic heterocycles. The van der Waals surface area contributed by atoms with Crippen LogP contribution in [0.1, 0.15) is 27.2 Å². The van der Waals surface area contributed by atoms with Gasteiger partial charge in [0.2, 0.25) is 11.4 Å². The lowest BCUT2D eigenvalue weighted by Gasteiger charge is -2.27. The fourth-order valence-corrected chi connectivity index (χ4v) is 1.90. The molecule has 1 atom stereocenters. The Balaban J connectivity index is 3.04. The van der Waals surface area contributed by atoms with E-state index in [1.54, 1.807) is 20.8 Å². The fraction of sp³-hybridized carbons (Fsp3) is 0.727. The third kappa shape index (κ3) is 2.25. The smallest absolute Gasteiger partial charge is 0.343 e. The van der Waals surface area contributed by atoms with Crippen molar-refractivity contribution in [2.75, 3.05) is 13.2 Å². The van der Waals surface area contributed by atoms with Crippen LogP contribution in [0, 0.1) is 5.92 Å². The first-order valence-electron chi connectivity index (χ1n) is 5.64. The van der Waals surface area contributed by atoms with Gasteiger partial charge in [-0.1, -0.05) is 6.92 Å². The molecule has 0 saturated carbocycles. The topological polar surface area (TPSA) is 81.7 Å². The molecule has 0 radical (unpaired) electrons. The van der Waals surface area contributed by atoms with E-state index in [1.807, 2.05) is 0 Å². The van der Waals surface area contributed by atoms with Crippen LogP contribution in [0.3, 0.4) is 0 Å². The van der Waals surface area contributed by atoms with Gasteiger partial charge in [-0.25, -0.2) is 9.59 Å². The summed E-state index contributed by atoms with van der Waals surface area (Å²) in [7, 11) is 0. The number of amides is 1. The van der Waals surface area contributed by atoms with Crippen molar-refractivity contribution in [1.29, 1.82) is 0 Å². The molecule has 96 valence electrons. The van der Waals surface area contributed by atoms with Gasteiger partial charge in [0.15, 0.2) is 0 Å². The van der Waals surface area contributed by atoms with Crippen LogP contribution in [0.15, 0.2) is 0 Å². The van der Waals surface area contributed by atoms with Gasteiger partial charge in [0.25, 0.3) is 0 Å². The Kier molecular flexibility index (Phi) is 4.09. The lowest BCUT2D eigenvalue weighted by molar-refractivity contribution is -0.168. The number of hydrogen-bond donors (Lipinski definition) is 1. The first kappa shape index (κ1) is 13.5. The predicted molar refractivity (Wildman–Crippen MR) is 57.9 cm³/mol. The third-order valence-electron chi connectivity index (χ3n) is 2.76. The van der Waals surface area contributed by atoms with Crippen molar-refractivity contribution in [2.24, 2.45) is 5.92 Å². The molecule has 1 fully saturated rings. The Bertz CT molecular complexity index is 321. The Labute approximate surface area is 99.6 Å². The van der Waals surface area contributed by atoms with E-state index in [9.17, 15) is 14.4 Å². The van der Waals surface area contributed by atoms with E-state index in [0.717, 1.165) is 0 Å². The first-order chi connectivity index (χ1) is 7.98. The molecule has 1 heterocycles. The Morgan fingerprint density at radius 3 is 2.06 bits per heavy atom. The highest BCUT2D eigenvalue weighted by molar-refractivity contribution is 6.10. The molecule has 0 bridgehead atoms. The van der Waals surface area contributed by atoms with E-state index in [2.05, 4.69) is 5.32 Å². The molecule has 0 spiro atoms. The fourth-order valence-electron chi connectivity index (χ4n) is 1.90. The summed E-state index contributed by atoms with van der Waals surface area (Å²) in [5, 5.41) is 2.40. The summed E-state index contributed by atoms with van der Waals surface area (Å²) in [4.78, 5) is 35.2. The maximum atomic E-state index is 11.9. The highest BCUT2D eigenvalue weighted by Crippen LogP contribution is 2.30. The lowest BCUT2D eigenvalue weighted by Crippen LogP contribution is -2.60. The van der Waals surface area contributed by atoms with Crippen molar-refractivity contribution >= 4 is 17.8 Å². The molecule has 1 aliphatic rings. The summed E-state index contributed by atoms with van der Waals surface area (Å²) in [6.45, 7) is 5.20. The number of esters is 2. The molecular formula is C11H17NO5. The van der Waals surface area contributed by atoms with Gasteiger partial charge in [0.05, 0.1) is 13.2 Å². The molecule has 1 amide bonds. The van der Waals surface area contributed by atoms with Gasteiger partial charge in [-0.05, 0) is 13.8 Å². The summed E-state index contributed by atoms with van der Waals surface area (Å²) in [6, 6.07) is 0. The molecule has 1 N–H and O–H groups in total. The van der Waals surface area contributed by atoms with Crippen molar-refractivity contribution < 1.29 is 23.9 Å². The van der Waals surface area contributed by atoms with Gasteiger partial charge < -0.3 is 14.8 Å². The van der Waals surface area contributed by atoms with Crippen molar-refractivity contribution in [1.82, 2.24) is 5.32 Å². The summed E-state index contributed by atoms with van der Waals surface area (Å²) >= 11 is 0. The van der Waals surface area contributed by atoms with Crippen molar-refractivity contribution in [3.05, 3.63) is 0 Å². The monoisotopic (exact) mass is 243 g/mol. The van der Waals surface area contributed by atoms with Crippen molar-refractivity contribution in [3.8, 4) is 0 Å². The highest BCUT2D eigenvalue weighted by Gasteiger charge is 2.58. The normalized spacial score (nSPS) is 21.8. The van der Waals surface area contributed by atoms with Crippen LogP contribution in [0.4, 0.5) is 0 Å². The second kappa shape index (κ2) is 5.16. The molecule has 0 aromatic carbocycles. The second-order valence-corrected chi connectivity index (χ2v) is 3.90. The number of carbonyl (C=O) groups is 3. The van der Waals surface area contributed by atoms with Crippen LogP contribution in [0.25, 0.3) is 0 Å². The molecule has 1 rings (SSSR count). The van der Waals surface area contributed by atoms with Crippen LogP contribution in [-0.2, 0) is 23.9 Å². The van der Waals surface area contributed by atoms with E-state index in [-0.39, 0.29) is 25.5 Å².